The second-order valence-electron chi connectivity index (χ2n) is 13.9. The SMILES string of the molecule is C[C@@H]([C@@H]1CCCN1C)n1ncc2c(-n3cc4c(n3)[C@H](O)CCC4)nc(-c3noc4c3CCC[C@@]43CCCc4sc(N)c(C#N)c43)nc21. The first-order valence-corrected chi connectivity index (χ1v) is 17.7. The third-order valence-corrected chi connectivity index (χ3v) is 12.4. The molecule has 3 N–H and O–H groups in total. The van der Waals surface area contributed by atoms with Gasteiger partial charge in [-0.3, -0.25) is 0 Å². The molecule has 1 aliphatic heterocycles. The van der Waals surface area contributed by atoms with E-state index in [2.05, 4.69) is 24.9 Å². The van der Waals surface area contributed by atoms with Crippen molar-refractivity contribution in [3.05, 3.63) is 51.0 Å². The highest BCUT2D eigenvalue weighted by molar-refractivity contribution is 7.16. The number of nitrogens with two attached hydrogens (primary N) is 1. The first kappa shape index (κ1) is 29.1. The zero-order valence-corrected chi connectivity index (χ0v) is 27.6. The minimum Gasteiger partial charge on any atom is -0.389 e. The Bertz CT molecular complexity index is 2080. The lowest BCUT2D eigenvalue weighted by Crippen LogP contribution is -2.35. The van der Waals surface area contributed by atoms with Gasteiger partial charge >= 0.3 is 0 Å². The fourth-order valence-corrected chi connectivity index (χ4v) is 10.2. The van der Waals surface area contributed by atoms with E-state index < -0.39 is 11.5 Å². The maximum Gasteiger partial charge on any atom is 0.186 e. The second-order valence-corrected chi connectivity index (χ2v) is 15.0. The maximum atomic E-state index is 10.7. The lowest BCUT2D eigenvalue weighted by molar-refractivity contribution is 0.151. The van der Waals surface area contributed by atoms with Crippen LogP contribution in [0.5, 0.6) is 0 Å². The molecule has 6 heterocycles. The second kappa shape index (κ2) is 10.7. The molecule has 5 aromatic heterocycles. The van der Waals surface area contributed by atoms with E-state index in [4.69, 9.17) is 35.6 Å². The molecule has 0 unspecified atom stereocenters. The molecule has 242 valence electrons. The summed E-state index contributed by atoms with van der Waals surface area (Å²) in [4.78, 5) is 13.9. The molecule has 0 saturated carbocycles. The van der Waals surface area contributed by atoms with Gasteiger partial charge in [0.2, 0.25) is 0 Å². The van der Waals surface area contributed by atoms with Crippen LogP contribution >= 0.6 is 11.3 Å². The molecule has 1 fully saturated rings. The van der Waals surface area contributed by atoms with Crippen molar-refractivity contribution in [2.45, 2.75) is 101 Å². The molecular formula is C34H38N10O2S. The normalized spacial score (nSPS) is 24.7. The molecule has 47 heavy (non-hydrogen) atoms. The molecule has 0 bridgehead atoms. The molecule has 0 radical (unpaired) electrons. The van der Waals surface area contributed by atoms with Crippen LogP contribution in [0.15, 0.2) is 16.9 Å². The largest absolute Gasteiger partial charge is 0.389 e. The molecule has 4 atom stereocenters. The maximum absolute atomic E-state index is 10.7. The summed E-state index contributed by atoms with van der Waals surface area (Å²) in [5, 5.41) is 36.7. The Morgan fingerprint density at radius 1 is 1.15 bits per heavy atom. The number of thiophene rings is 1. The highest BCUT2D eigenvalue weighted by Gasteiger charge is 2.49. The smallest absolute Gasteiger partial charge is 0.186 e. The first-order valence-electron chi connectivity index (χ1n) is 16.9. The predicted molar refractivity (Wildman–Crippen MR) is 176 cm³/mol. The summed E-state index contributed by atoms with van der Waals surface area (Å²) in [5.74, 6) is 1.91. The lowest BCUT2D eigenvalue weighted by atomic mass is 9.63. The van der Waals surface area contributed by atoms with Crippen LogP contribution < -0.4 is 5.73 Å². The Morgan fingerprint density at radius 3 is 2.79 bits per heavy atom. The molecule has 13 heteroatoms. The molecule has 1 spiro atoms. The Balaban J connectivity index is 1.23. The average molecular weight is 651 g/mol. The quantitative estimate of drug-likeness (QED) is 0.266. The highest BCUT2D eigenvalue weighted by atomic mass is 32.1. The van der Waals surface area contributed by atoms with Gasteiger partial charge in [0.1, 0.15) is 11.1 Å². The monoisotopic (exact) mass is 650 g/mol. The summed E-state index contributed by atoms with van der Waals surface area (Å²) >= 11 is 1.54. The number of aryl methyl sites for hydroxylation is 2. The van der Waals surface area contributed by atoms with Crippen LogP contribution in [0, 0.1) is 11.3 Å². The van der Waals surface area contributed by atoms with Crippen LogP contribution in [0.1, 0.15) is 109 Å². The molecular weight excluding hydrogens is 613 g/mol. The van der Waals surface area contributed by atoms with Gasteiger partial charge in [-0.2, -0.15) is 15.5 Å². The molecule has 3 aliphatic carbocycles. The van der Waals surface area contributed by atoms with Gasteiger partial charge in [0.15, 0.2) is 28.7 Å². The summed E-state index contributed by atoms with van der Waals surface area (Å²) in [6.07, 6.45) is 13.4. The number of anilines is 1. The van der Waals surface area contributed by atoms with Crippen LogP contribution in [-0.2, 0) is 24.7 Å². The van der Waals surface area contributed by atoms with E-state index in [9.17, 15) is 10.4 Å². The average Bonchev–Trinajstić information content (AvgIpc) is 3.90. The van der Waals surface area contributed by atoms with Crippen LogP contribution in [0.25, 0.3) is 28.4 Å². The lowest BCUT2D eigenvalue weighted by Gasteiger charge is -2.39. The van der Waals surface area contributed by atoms with Crippen molar-refractivity contribution >= 4 is 27.4 Å². The van der Waals surface area contributed by atoms with Crippen LogP contribution in [0.4, 0.5) is 5.00 Å². The number of aliphatic hydroxyl groups is 1. The number of aromatic nitrogens is 7. The number of rotatable bonds is 4. The molecule has 12 nitrogen and oxygen atoms in total. The Kier molecular flexibility index (Phi) is 6.61. The van der Waals surface area contributed by atoms with Gasteiger partial charge in [-0.25, -0.2) is 19.3 Å². The predicted octanol–water partition coefficient (Wildman–Crippen LogP) is 5.17. The van der Waals surface area contributed by atoms with E-state index in [0.29, 0.717) is 40.4 Å². The Labute approximate surface area is 276 Å². The zero-order valence-electron chi connectivity index (χ0n) is 26.7. The number of likely N-dealkylation sites (tertiary alicyclic amines) is 1. The molecule has 1 saturated heterocycles. The number of nitrogens with zero attached hydrogens (tertiary/aromatic N) is 9. The minimum atomic E-state index is -0.582. The van der Waals surface area contributed by atoms with Gasteiger partial charge in [0.25, 0.3) is 0 Å². The number of hydrogen-bond acceptors (Lipinski definition) is 11. The standard InChI is InChI=1S/C34H38N10O2S/c1-18(23-9-6-14-42(23)2)44-33-22(16-37-44)32(43-17-19-7-3-10-24(45)27(19)40-43)38-31(39-33)28-20-8-4-12-34(29(20)46-41-28)13-5-11-25-26(34)21(15-35)30(36)47-25/h16-18,23-24,45H,3-14,36H2,1-2H3/t18-,23-,24+,34-/m0/s1. The molecule has 9 rings (SSSR count). The third-order valence-electron chi connectivity index (χ3n) is 11.3. The van der Waals surface area contributed by atoms with Gasteiger partial charge in [-0.1, -0.05) is 5.16 Å². The van der Waals surface area contributed by atoms with Crippen molar-refractivity contribution in [1.82, 2.24) is 39.6 Å². The van der Waals surface area contributed by atoms with Gasteiger partial charge < -0.3 is 20.3 Å². The van der Waals surface area contributed by atoms with E-state index >= 15 is 0 Å². The minimum absolute atomic E-state index is 0.0897. The summed E-state index contributed by atoms with van der Waals surface area (Å²) < 4.78 is 10.2. The first-order chi connectivity index (χ1) is 22.9. The van der Waals surface area contributed by atoms with Crippen LogP contribution in [0.3, 0.4) is 0 Å². The topological polar surface area (TPSA) is 161 Å². The number of aliphatic hydroxyl groups excluding tert-OH is 1. The van der Waals surface area contributed by atoms with Crippen molar-refractivity contribution in [3.63, 3.8) is 0 Å². The number of nitriles is 1. The van der Waals surface area contributed by atoms with Gasteiger partial charge in [0.05, 0.1) is 40.4 Å². The number of nitrogen functional groups attached to an aromatic ring is 1. The van der Waals surface area contributed by atoms with Crippen molar-refractivity contribution in [2.24, 2.45) is 0 Å². The number of likely N-dealkylation sites (N-methyl/N-ethyl adjacent to an activating group) is 1. The van der Waals surface area contributed by atoms with Gasteiger partial charge in [0, 0.05) is 22.7 Å². The zero-order chi connectivity index (χ0) is 32.0. The van der Waals surface area contributed by atoms with E-state index in [1.807, 2.05) is 17.1 Å². The molecule has 4 aliphatic rings. The fraction of sp³-hybridized carbons (Fsp3) is 0.529. The van der Waals surface area contributed by atoms with E-state index in [-0.39, 0.29) is 6.04 Å². The van der Waals surface area contributed by atoms with Crippen molar-refractivity contribution < 1.29 is 9.63 Å². The van der Waals surface area contributed by atoms with E-state index in [0.717, 1.165) is 110 Å². The Hall–Kier alpha value is -4.12. The summed E-state index contributed by atoms with van der Waals surface area (Å²) in [6, 6.07) is 2.85. The van der Waals surface area contributed by atoms with Gasteiger partial charge in [-0.15, -0.1) is 11.3 Å². The van der Waals surface area contributed by atoms with E-state index in [1.54, 1.807) is 16.0 Å². The molecule has 5 aromatic rings. The van der Waals surface area contributed by atoms with Crippen LogP contribution in [0.2, 0.25) is 0 Å². The van der Waals surface area contributed by atoms with Crippen LogP contribution in [-0.4, -0.2) is 64.3 Å². The van der Waals surface area contributed by atoms with E-state index in [1.165, 1.54) is 4.88 Å². The number of hydrogen-bond donors (Lipinski definition) is 2. The van der Waals surface area contributed by atoms with Crippen molar-refractivity contribution in [3.8, 4) is 23.4 Å². The molecule has 0 aromatic carbocycles. The number of fused-ring (bicyclic) bond motifs is 6. The summed E-state index contributed by atoms with van der Waals surface area (Å²) in [6.45, 7) is 3.28. The molecule has 0 amide bonds. The fourth-order valence-electron chi connectivity index (χ4n) is 9.04. The highest BCUT2D eigenvalue weighted by Crippen LogP contribution is 2.55. The summed E-state index contributed by atoms with van der Waals surface area (Å²) in [5.41, 5.74) is 11.7. The van der Waals surface area contributed by atoms with Crippen molar-refractivity contribution in [1.29, 1.82) is 5.26 Å². The third kappa shape index (κ3) is 4.20. The Morgan fingerprint density at radius 2 is 2.00 bits per heavy atom. The summed E-state index contributed by atoms with van der Waals surface area (Å²) in [7, 11) is 2.18. The van der Waals surface area contributed by atoms with Crippen molar-refractivity contribution in [2.75, 3.05) is 19.3 Å². The van der Waals surface area contributed by atoms with Gasteiger partial charge in [-0.05, 0) is 102 Å².